The van der Waals surface area contributed by atoms with Crippen LogP contribution in [0.1, 0.15) is 12.6 Å². The van der Waals surface area contributed by atoms with Gasteiger partial charge >= 0.3 is 0 Å². The third kappa shape index (κ3) is 4.62. The average Bonchev–Trinajstić information content (AvgIpc) is 3.09. The predicted molar refractivity (Wildman–Crippen MR) is 103 cm³/mol. The molecule has 0 unspecified atom stereocenters. The number of benzene rings is 1. The third-order valence-electron chi connectivity index (χ3n) is 3.66. The fourth-order valence-corrected chi connectivity index (χ4v) is 3.32. The molecule has 3 aromatic rings. The van der Waals surface area contributed by atoms with Gasteiger partial charge in [0.1, 0.15) is 0 Å². The number of carbonyl (C=O) groups excluding carboxylic acids is 1. The lowest BCUT2D eigenvalue weighted by Gasteiger charge is -2.08. The Morgan fingerprint density at radius 2 is 2.00 bits per heavy atom. The van der Waals surface area contributed by atoms with Crippen molar-refractivity contribution in [1.29, 1.82) is 0 Å². The van der Waals surface area contributed by atoms with Crippen molar-refractivity contribution in [2.24, 2.45) is 0 Å². The Balaban J connectivity index is 1.61. The molecule has 3 rings (SSSR count). The zero-order chi connectivity index (χ0) is 18.4. The molecule has 0 atom stereocenters. The van der Waals surface area contributed by atoms with E-state index >= 15 is 0 Å². The van der Waals surface area contributed by atoms with Gasteiger partial charge in [-0.05, 0) is 43.3 Å². The number of nitrogens with one attached hydrogen (secondary N) is 1. The van der Waals surface area contributed by atoms with Crippen LogP contribution in [0.5, 0.6) is 0 Å². The van der Waals surface area contributed by atoms with E-state index in [0.29, 0.717) is 23.3 Å². The Hall–Kier alpha value is -2.38. The molecule has 1 amide bonds. The monoisotopic (exact) mass is 387 g/mol. The van der Waals surface area contributed by atoms with Gasteiger partial charge in [-0.3, -0.25) is 9.78 Å². The number of thioether (sulfide) groups is 1. The average molecular weight is 388 g/mol. The number of amides is 1. The first kappa shape index (κ1) is 18.4. The molecule has 2 heterocycles. The molecule has 6 nitrogen and oxygen atoms in total. The lowest BCUT2D eigenvalue weighted by atomic mass is 10.2. The van der Waals surface area contributed by atoms with E-state index in [1.54, 1.807) is 6.20 Å². The van der Waals surface area contributed by atoms with Gasteiger partial charge in [0.15, 0.2) is 11.0 Å². The quantitative estimate of drug-likeness (QED) is 0.629. The Morgan fingerprint density at radius 1 is 1.19 bits per heavy atom. The third-order valence-corrected chi connectivity index (χ3v) is 4.88. The largest absolute Gasteiger partial charge is 0.350 e. The Labute approximate surface area is 161 Å². The van der Waals surface area contributed by atoms with Crippen molar-refractivity contribution in [3.63, 3.8) is 0 Å². The maximum absolute atomic E-state index is 12.1. The summed E-state index contributed by atoms with van der Waals surface area (Å²) in [6.07, 6.45) is 1.71. The van der Waals surface area contributed by atoms with Crippen LogP contribution in [0.2, 0.25) is 5.02 Å². The molecule has 2 aromatic heterocycles. The van der Waals surface area contributed by atoms with E-state index in [1.807, 2.05) is 54.0 Å². The highest BCUT2D eigenvalue weighted by molar-refractivity contribution is 7.99. The fraction of sp³-hybridized carbons (Fsp3) is 0.222. The summed E-state index contributed by atoms with van der Waals surface area (Å²) in [6, 6.07) is 13.1. The molecule has 0 saturated heterocycles. The molecule has 134 valence electrons. The van der Waals surface area contributed by atoms with E-state index in [-0.39, 0.29) is 11.7 Å². The molecule has 0 bridgehead atoms. The van der Waals surface area contributed by atoms with Gasteiger partial charge in [0, 0.05) is 23.3 Å². The van der Waals surface area contributed by atoms with Gasteiger partial charge in [0.05, 0.1) is 18.0 Å². The number of nitrogens with zero attached hydrogens (tertiary/aromatic N) is 4. The summed E-state index contributed by atoms with van der Waals surface area (Å²) in [7, 11) is 0. The van der Waals surface area contributed by atoms with Crippen molar-refractivity contribution in [2.45, 2.75) is 25.2 Å². The van der Waals surface area contributed by atoms with Gasteiger partial charge < -0.3 is 9.88 Å². The van der Waals surface area contributed by atoms with Crippen LogP contribution < -0.4 is 5.32 Å². The molecule has 0 radical (unpaired) electrons. The van der Waals surface area contributed by atoms with Crippen LogP contribution >= 0.6 is 23.4 Å². The van der Waals surface area contributed by atoms with Gasteiger partial charge in [0.25, 0.3) is 0 Å². The molecule has 1 N–H and O–H groups in total. The molecule has 0 saturated carbocycles. The number of hydrogen-bond acceptors (Lipinski definition) is 5. The van der Waals surface area contributed by atoms with Crippen LogP contribution in [0, 0.1) is 0 Å². The maximum Gasteiger partial charge on any atom is 0.230 e. The second-order valence-corrected chi connectivity index (χ2v) is 6.82. The topological polar surface area (TPSA) is 72.7 Å². The molecule has 0 aliphatic heterocycles. The Bertz CT molecular complexity index is 867. The number of pyridine rings is 1. The van der Waals surface area contributed by atoms with Crippen molar-refractivity contribution in [3.8, 4) is 11.4 Å². The Morgan fingerprint density at radius 3 is 2.69 bits per heavy atom. The van der Waals surface area contributed by atoms with E-state index < -0.39 is 0 Å². The van der Waals surface area contributed by atoms with Crippen molar-refractivity contribution >= 4 is 29.3 Å². The number of rotatable bonds is 7. The SMILES string of the molecule is CCn1c(SCC(=O)NCc2ccccn2)nnc1-c1ccc(Cl)cc1. The fourth-order valence-electron chi connectivity index (χ4n) is 2.37. The van der Waals surface area contributed by atoms with Gasteiger partial charge in [-0.25, -0.2) is 0 Å². The number of carbonyl (C=O) groups is 1. The van der Waals surface area contributed by atoms with Crippen molar-refractivity contribution in [1.82, 2.24) is 25.1 Å². The highest BCUT2D eigenvalue weighted by Crippen LogP contribution is 2.24. The smallest absolute Gasteiger partial charge is 0.230 e. The number of aromatic nitrogens is 4. The summed E-state index contributed by atoms with van der Waals surface area (Å²) in [4.78, 5) is 16.3. The highest BCUT2D eigenvalue weighted by atomic mass is 35.5. The van der Waals surface area contributed by atoms with Crippen LogP contribution in [-0.2, 0) is 17.9 Å². The predicted octanol–water partition coefficient (Wildman–Crippen LogP) is 3.42. The van der Waals surface area contributed by atoms with E-state index in [2.05, 4.69) is 20.5 Å². The van der Waals surface area contributed by atoms with E-state index in [0.717, 1.165) is 17.1 Å². The lowest BCUT2D eigenvalue weighted by molar-refractivity contribution is -0.118. The zero-order valence-corrected chi connectivity index (χ0v) is 15.8. The number of halogens is 1. The van der Waals surface area contributed by atoms with Gasteiger partial charge in [0.2, 0.25) is 5.91 Å². The minimum absolute atomic E-state index is 0.0700. The molecule has 26 heavy (non-hydrogen) atoms. The van der Waals surface area contributed by atoms with Gasteiger partial charge in [-0.15, -0.1) is 10.2 Å². The van der Waals surface area contributed by atoms with Crippen LogP contribution in [-0.4, -0.2) is 31.4 Å². The molecule has 0 aliphatic carbocycles. The standard InChI is InChI=1S/C18H18ClN5OS/c1-2-24-17(13-6-8-14(19)9-7-13)22-23-18(24)26-12-16(25)21-11-15-5-3-4-10-20-15/h3-10H,2,11-12H2,1H3,(H,21,25). The van der Waals surface area contributed by atoms with Crippen LogP contribution in [0.25, 0.3) is 11.4 Å². The lowest BCUT2D eigenvalue weighted by Crippen LogP contribution is -2.25. The highest BCUT2D eigenvalue weighted by Gasteiger charge is 2.14. The van der Waals surface area contributed by atoms with Crippen LogP contribution in [0.15, 0.2) is 53.8 Å². The van der Waals surface area contributed by atoms with Crippen LogP contribution in [0.4, 0.5) is 0 Å². The zero-order valence-electron chi connectivity index (χ0n) is 14.2. The van der Waals surface area contributed by atoms with Crippen molar-refractivity contribution in [2.75, 3.05) is 5.75 Å². The second-order valence-electron chi connectivity index (χ2n) is 5.44. The first-order valence-electron chi connectivity index (χ1n) is 8.16. The molecule has 0 fully saturated rings. The van der Waals surface area contributed by atoms with Gasteiger partial charge in [-0.1, -0.05) is 29.4 Å². The summed E-state index contributed by atoms with van der Waals surface area (Å²) in [5, 5.41) is 12.7. The second kappa shape index (κ2) is 8.82. The first-order valence-corrected chi connectivity index (χ1v) is 9.52. The molecule has 0 spiro atoms. The summed E-state index contributed by atoms with van der Waals surface area (Å²) < 4.78 is 1.99. The summed E-state index contributed by atoms with van der Waals surface area (Å²) in [6.45, 7) is 3.15. The van der Waals surface area contributed by atoms with E-state index in [1.165, 1.54) is 11.8 Å². The minimum Gasteiger partial charge on any atom is -0.350 e. The summed E-state index contributed by atoms with van der Waals surface area (Å²) >= 11 is 7.31. The van der Waals surface area contributed by atoms with Gasteiger partial charge in [-0.2, -0.15) is 0 Å². The normalized spacial score (nSPS) is 10.7. The maximum atomic E-state index is 12.1. The van der Waals surface area contributed by atoms with Crippen molar-refractivity contribution in [3.05, 3.63) is 59.4 Å². The summed E-state index contributed by atoms with van der Waals surface area (Å²) in [5.74, 6) is 0.964. The minimum atomic E-state index is -0.0700. The van der Waals surface area contributed by atoms with Crippen molar-refractivity contribution < 1.29 is 4.79 Å². The van der Waals surface area contributed by atoms with E-state index in [4.69, 9.17) is 11.6 Å². The van der Waals surface area contributed by atoms with E-state index in [9.17, 15) is 4.79 Å². The molecule has 8 heteroatoms. The summed E-state index contributed by atoms with van der Waals surface area (Å²) in [5.41, 5.74) is 1.77. The molecular formula is C18H18ClN5OS. The molecule has 0 aliphatic rings. The number of hydrogen-bond donors (Lipinski definition) is 1. The molecule has 1 aromatic carbocycles. The van der Waals surface area contributed by atoms with Crippen LogP contribution in [0.3, 0.4) is 0 Å². The molecular weight excluding hydrogens is 370 g/mol. The first-order chi connectivity index (χ1) is 12.7. The Kier molecular flexibility index (Phi) is 6.25.